The number of nitrogens with one attached hydrogen (secondary N) is 1. The van der Waals surface area contributed by atoms with E-state index in [9.17, 15) is 4.79 Å². The Morgan fingerprint density at radius 3 is 2.62 bits per heavy atom. The van der Waals surface area contributed by atoms with E-state index in [0.29, 0.717) is 17.9 Å². The highest BCUT2D eigenvalue weighted by Gasteiger charge is 2.32. The quantitative estimate of drug-likeness (QED) is 0.832. The van der Waals surface area contributed by atoms with E-state index in [2.05, 4.69) is 12.2 Å². The predicted molar refractivity (Wildman–Crippen MR) is 103 cm³/mol. The molecule has 0 radical (unpaired) electrons. The third kappa shape index (κ3) is 3.34. The van der Waals surface area contributed by atoms with Crippen molar-refractivity contribution in [3.8, 4) is 11.5 Å². The van der Waals surface area contributed by atoms with Crippen molar-refractivity contribution in [2.45, 2.75) is 39.5 Å². The number of hydrogen-bond acceptors (Lipinski definition) is 4. The number of ether oxygens (including phenoxy) is 2. The van der Waals surface area contributed by atoms with Crippen LogP contribution >= 0.6 is 0 Å². The summed E-state index contributed by atoms with van der Waals surface area (Å²) in [5, 5.41) is 3.48. The standard InChI is InChI=1S/C21H26N2O3/c1-5-14(3)26-18-12-11-15(13-19(18)25-4)20-22-17-10-8-7-9-16(17)21(24)23(20)6-2/h7-14,20,22H,5-6H2,1-4H3. The van der Waals surface area contributed by atoms with Gasteiger partial charge in [0.2, 0.25) is 0 Å². The monoisotopic (exact) mass is 354 g/mol. The summed E-state index contributed by atoms with van der Waals surface area (Å²) in [5.41, 5.74) is 2.52. The topological polar surface area (TPSA) is 50.8 Å². The molecule has 1 aliphatic rings. The smallest absolute Gasteiger partial charge is 0.257 e. The summed E-state index contributed by atoms with van der Waals surface area (Å²) in [6.45, 7) is 6.71. The lowest BCUT2D eigenvalue weighted by Crippen LogP contribution is -2.42. The second-order valence-electron chi connectivity index (χ2n) is 6.43. The normalized spacial score (nSPS) is 17.3. The molecular formula is C21H26N2O3. The number of carbonyl (C=O) groups excluding carboxylic acids is 1. The van der Waals surface area contributed by atoms with Crippen molar-refractivity contribution >= 4 is 11.6 Å². The van der Waals surface area contributed by atoms with Crippen LogP contribution in [-0.2, 0) is 0 Å². The molecule has 26 heavy (non-hydrogen) atoms. The number of benzene rings is 2. The maximum Gasteiger partial charge on any atom is 0.257 e. The molecule has 0 aliphatic carbocycles. The van der Waals surface area contributed by atoms with Crippen molar-refractivity contribution in [3.63, 3.8) is 0 Å². The average Bonchev–Trinajstić information content (AvgIpc) is 2.68. The summed E-state index contributed by atoms with van der Waals surface area (Å²) in [7, 11) is 1.63. The molecule has 5 heteroatoms. The SMILES string of the molecule is CCC(C)Oc1ccc(C2Nc3ccccc3C(=O)N2CC)cc1OC. The van der Waals surface area contributed by atoms with Crippen LogP contribution in [0.1, 0.15) is 49.3 Å². The van der Waals surface area contributed by atoms with Gasteiger partial charge in [-0.3, -0.25) is 4.79 Å². The van der Waals surface area contributed by atoms with Crippen LogP contribution in [0.15, 0.2) is 42.5 Å². The maximum absolute atomic E-state index is 12.9. The van der Waals surface area contributed by atoms with E-state index in [1.54, 1.807) is 7.11 Å². The number of anilines is 1. The fourth-order valence-electron chi connectivity index (χ4n) is 3.13. The van der Waals surface area contributed by atoms with Crippen molar-refractivity contribution in [1.82, 2.24) is 4.90 Å². The molecule has 5 nitrogen and oxygen atoms in total. The van der Waals surface area contributed by atoms with Crippen molar-refractivity contribution in [2.24, 2.45) is 0 Å². The van der Waals surface area contributed by atoms with Crippen LogP contribution in [0.4, 0.5) is 5.69 Å². The van der Waals surface area contributed by atoms with Crippen LogP contribution in [0.5, 0.6) is 11.5 Å². The fourth-order valence-corrected chi connectivity index (χ4v) is 3.13. The second kappa shape index (κ2) is 7.68. The Labute approximate surface area is 154 Å². The minimum atomic E-state index is -0.242. The van der Waals surface area contributed by atoms with Gasteiger partial charge in [-0.25, -0.2) is 0 Å². The molecule has 2 unspecified atom stereocenters. The van der Waals surface area contributed by atoms with Crippen LogP contribution in [-0.4, -0.2) is 30.6 Å². The molecule has 2 aromatic carbocycles. The van der Waals surface area contributed by atoms with Crippen molar-refractivity contribution in [3.05, 3.63) is 53.6 Å². The Kier molecular flexibility index (Phi) is 5.35. The lowest BCUT2D eigenvalue weighted by molar-refractivity contribution is 0.0694. The minimum Gasteiger partial charge on any atom is -0.493 e. The summed E-state index contributed by atoms with van der Waals surface area (Å²) in [5.74, 6) is 1.42. The number of carbonyl (C=O) groups is 1. The van der Waals surface area contributed by atoms with Gasteiger partial charge < -0.3 is 19.7 Å². The molecule has 0 saturated heterocycles. The number of amides is 1. The summed E-state index contributed by atoms with van der Waals surface area (Å²) in [4.78, 5) is 14.7. The molecule has 0 fully saturated rings. The van der Waals surface area contributed by atoms with E-state index in [1.807, 2.05) is 61.2 Å². The van der Waals surface area contributed by atoms with E-state index in [-0.39, 0.29) is 18.2 Å². The molecular weight excluding hydrogens is 328 g/mol. The van der Waals surface area contributed by atoms with Crippen molar-refractivity contribution in [2.75, 3.05) is 19.0 Å². The first-order valence-corrected chi connectivity index (χ1v) is 9.10. The highest BCUT2D eigenvalue weighted by molar-refractivity contribution is 6.01. The summed E-state index contributed by atoms with van der Waals surface area (Å²) in [6, 6.07) is 13.5. The first-order chi connectivity index (χ1) is 12.6. The van der Waals surface area contributed by atoms with Gasteiger partial charge >= 0.3 is 0 Å². The predicted octanol–water partition coefficient (Wildman–Crippen LogP) is 4.46. The number of methoxy groups -OCH3 is 1. The first-order valence-electron chi connectivity index (χ1n) is 9.10. The van der Waals surface area contributed by atoms with E-state index >= 15 is 0 Å². The van der Waals surface area contributed by atoms with Crippen LogP contribution in [0, 0.1) is 0 Å². The van der Waals surface area contributed by atoms with Gasteiger partial charge in [0.15, 0.2) is 11.5 Å². The number of para-hydroxylation sites is 1. The lowest BCUT2D eigenvalue weighted by atomic mass is 10.0. The fraction of sp³-hybridized carbons (Fsp3) is 0.381. The summed E-state index contributed by atoms with van der Waals surface area (Å²) in [6.07, 6.45) is 0.793. The van der Waals surface area contributed by atoms with Crippen LogP contribution < -0.4 is 14.8 Å². The number of nitrogens with zero attached hydrogens (tertiary/aromatic N) is 1. The van der Waals surface area contributed by atoms with Gasteiger partial charge in [0.1, 0.15) is 6.17 Å². The molecule has 1 amide bonds. The molecule has 1 aliphatic heterocycles. The lowest BCUT2D eigenvalue weighted by Gasteiger charge is -2.37. The van der Waals surface area contributed by atoms with E-state index in [1.165, 1.54) is 0 Å². The minimum absolute atomic E-state index is 0.0331. The Balaban J connectivity index is 1.96. The van der Waals surface area contributed by atoms with E-state index in [4.69, 9.17) is 9.47 Å². The molecule has 0 saturated carbocycles. The molecule has 2 atom stereocenters. The molecule has 0 bridgehead atoms. The molecule has 138 valence electrons. The molecule has 1 heterocycles. The van der Waals surface area contributed by atoms with Gasteiger partial charge in [0.25, 0.3) is 5.91 Å². The maximum atomic E-state index is 12.9. The highest BCUT2D eigenvalue weighted by atomic mass is 16.5. The van der Waals surface area contributed by atoms with Gasteiger partial charge in [-0.2, -0.15) is 0 Å². The van der Waals surface area contributed by atoms with Gasteiger partial charge in [-0.1, -0.05) is 25.1 Å². The Bertz CT molecular complexity index is 791. The first kappa shape index (κ1) is 18.1. The second-order valence-corrected chi connectivity index (χ2v) is 6.43. The van der Waals surface area contributed by atoms with E-state index in [0.717, 1.165) is 23.4 Å². The highest BCUT2D eigenvalue weighted by Crippen LogP contribution is 2.37. The average molecular weight is 354 g/mol. The Morgan fingerprint density at radius 1 is 1.15 bits per heavy atom. The molecule has 0 aromatic heterocycles. The zero-order valence-electron chi connectivity index (χ0n) is 15.8. The van der Waals surface area contributed by atoms with Gasteiger partial charge in [0, 0.05) is 12.2 Å². The third-order valence-corrected chi connectivity index (χ3v) is 4.77. The van der Waals surface area contributed by atoms with Crippen LogP contribution in [0.25, 0.3) is 0 Å². The van der Waals surface area contributed by atoms with Crippen molar-refractivity contribution < 1.29 is 14.3 Å². The Hall–Kier alpha value is -2.69. The molecule has 3 rings (SSSR count). The van der Waals surface area contributed by atoms with E-state index < -0.39 is 0 Å². The summed E-state index contributed by atoms with van der Waals surface area (Å²) < 4.78 is 11.5. The Morgan fingerprint density at radius 2 is 1.92 bits per heavy atom. The zero-order chi connectivity index (χ0) is 18.7. The third-order valence-electron chi connectivity index (χ3n) is 4.77. The number of fused-ring (bicyclic) bond motifs is 1. The number of hydrogen-bond donors (Lipinski definition) is 1. The van der Waals surface area contributed by atoms with Crippen LogP contribution in [0.3, 0.4) is 0 Å². The van der Waals surface area contributed by atoms with Crippen LogP contribution in [0.2, 0.25) is 0 Å². The molecule has 2 aromatic rings. The van der Waals surface area contributed by atoms with Gasteiger partial charge in [-0.15, -0.1) is 0 Å². The van der Waals surface area contributed by atoms with Crippen molar-refractivity contribution in [1.29, 1.82) is 0 Å². The largest absolute Gasteiger partial charge is 0.493 e. The van der Waals surface area contributed by atoms with Gasteiger partial charge in [0.05, 0.1) is 18.8 Å². The summed E-state index contributed by atoms with van der Waals surface area (Å²) >= 11 is 0. The zero-order valence-corrected chi connectivity index (χ0v) is 15.8. The van der Waals surface area contributed by atoms with Gasteiger partial charge in [-0.05, 0) is 50.1 Å². The number of rotatable bonds is 6. The molecule has 0 spiro atoms. The molecule has 1 N–H and O–H groups in total.